The molecule has 0 saturated carbocycles. The molecule has 1 aliphatic rings. The number of hydrogen-bond donors (Lipinski definition) is 1. The number of pyridine rings is 1. The zero-order valence-corrected chi connectivity index (χ0v) is 10.9. The van der Waals surface area contributed by atoms with E-state index >= 15 is 0 Å². The highest BCUT2D eigenvalue weighted by Crippen LogP contribution is 2.22. The first-order chi connectivity index (χ1) is 9.06. The van der Waals surface area contributed by atoms with Gasteiger partial charge in [0.1, 0.15) is 5.82 Å². The minimum Gasteiger partial charge on any atom is -0.477 e. The molecular formula is C12H18N4O3. The molecule has 0 aromatic carbocycles. The Bertz CT molecular complexity index is 466. The number of likely N-dealkylation sites (tertiary alicyclic amines) is 1. The van der Waals surface area contributed by atoms with E-state index in [0.29, 0.717) is 12.6 Å². The maximum absolute atomic E-state index is 10.7. The summed E-state index contributed by atoms with van der Waals surface area (Å²) in [6.45, 7) is 1.61. The molecule has 0 aliphatic carbocycles. The zero-order valence-electron chi connectivity index (χ0n) is 10.9. The van der Waals surface area contributed by atoms with Crippen LogP contribution in [0.2, 0.25) is 0 Å². The molecular weight excluding hydrogens is 248 g/mol. The van der Waals surface area contributed by atoms with Crippen molar-refractivity contribution in [3.8, 4) is 5.88 Å². The van der Waals surface area contributed by atoms with Crippen molar-refractivity contribution in [1.82, 2.24) is 9.88 Å². The number of anilines is 1. The second-order valence-corrected chi connectivity index (χ2v) is 4.76. The molecule has 104 valence electrons. The van der Waals surface area contributed by atoms with Crippen molar-refractivity contribution >= 4 is 11.5 Å². The van der Waals surface area contributed by atoms with E-state index in [-0.39, 0.29) is 17.4 Å². The fraction of sp³-hybridized carbons (Fsp3) is 0.583. The van der Waals surface area contributed by atoms with Crippen molar-refractivity contribution in [3.63, 3.8) is 0 Å². The lowest BCUT2D eigenvalue weighted by atomic mass is 10.1. The number of nitro groups is 1. The van der Waals surface area contributed by atoms with Crippen molar-refractivity contribution < 1.29 is 9.66 Å². The minimum atomic E-state index is -0.504. The molecule has 2 heterocycles. The van der Waals surface area contributed by atoms with E-state index in [1.54, 1.807) is 0 Å². The Hall–Kier alpha value is -1.89. The van der Waals surface area contributed by atoms with Crippen LogP contribution in [0, 0.1) is 10.1 Å². The third-order valence-electron chi connectivity index (χ3n) is 3.39. The van der Waals surface area contributed by atoms with Crippen LogP contribution in [0.15, 0.2) is 12.1 Å². The Morgan fingerprint density at radius 2 is 2.42 bits per heavy atom. The van der Waals surface area contributed by atoms with E-state index in [9.17, 15) is 10.1 Å². The molecule has 19 heavy (non-hydrogen) atoms. The summed E-state index contributed by atoms with van der Waals surface area (Å²) in [4.78, 5) is 16.4. The molecule has 1 fully saturated rings. The zero-order chi connectivity index (χ0) is 13.8. The summed E-state index contributed by atoms with van der Waals surface area (Å²) in [7, 11) is 2.10. The van der Waals surface area contributed by atoms with Crippen LogP contribution in [-0.2, 0) is 0 Å². The quantitative estimate of drug-likeness (QED) is 0.640. The molecule has 2 N–H and O–H groups in total. The van der Waals surface area contributed by atoms with Crippen molar-refractivity contribution in [2.24, 2.45) is 0 Å². The molecule has 1 aliphatic heterocycles. The molecule has 1 aromatic heterocycles. The van der Waals surface area contributed by atoms with E-state index in [0.717, 1.165) is 13.0 Å². The number of nitrogens with zero attached hydrogens (tertiary/aromatic N) is 3. The van der Waals surface area contributed by atoms with Crippen LogP contribution < -0.4 is 10.5 Å². The van der Waals surface area contributed by atoms with Crippen LogP contribution in [0.5, 0.6) is 5.88 Å². The Morgan fingerprint density at radius 3 is 3.05 bits per heavy atom. The third-order valence-corrected chi connectivity index (χ3v) is 3.39. The summed E-state index contributed by atoms with van der Waals surface area (Å²) in [5.41, 5.74) is 5.41. The van der Waals surface area contributed by atoms with Crippen LogP contribution in [-0.4, -0.2) is 41.0 Å². The van der Waals surface area contributed by atoms with Gasteiger partial charge in [0, 0.05) is 6.04 Å². The van der Waals surface area contributed by atoms with Gasteiger partial charge in [-0.25, -0.2) is 0 Å². The van der Waals surface area contributed by atoms with Crippen molar-refractivity contribution in [2.45, 2.75) is 25.3 Å². The summed E-state index contributed by atoms with van der Waals surface area (Å²) in [5, 5.41) is 10.7. The molecule has 0 spiro atoms. The first-order valence-corrected chi connectivity index (χ1v) is 6.31. The molecule has 0 amide bonds. The maximum Gasteiger partial charge on any atom is 0.278 e. The molecule has 1 saturated heterocycles. The Morgan fingerprint density at radius 1 is 1.63 bits per heavy atom. The fourth-order valence-electron chi connectivity index (χ4n) is 2.33. The van der Waals surface area contributed by atoms with Gasteiger partial charge in [0.2, 0.25) is 5.88 Å². The van der Waals surface area contributed by atoms with Crippen LogP contribution >= 0.6 is 0 Å². The average molecular weight is 266 g/mol. The summed E-state index contributed by atoms with van der Waals surface area (Å²) in [5.74, 6) is 0.314. The Kier molecular flexibility index (Phi) is 4.16. The highest BCUT2D eigenvalue weighted by Gasteiger charge is 2.20. The van der Waals surface area contributed by atoms with Crippen molar-refractivity contribution in [2.75, 3.05) is 25.9 Å². The second-order valence-electron chi connectivity index (χ2n) is 4.76. The first kappa shape index (κ1) is 13.5. The van der Waals surface area contributed by atoms with Gasteiger partial charge in [-0.1, -0.05) is 0 Å². The lowest BCUT2D eigenvalue weighted by Crippen LogP contribution is -2.26. The van der Waals surface area contributed by atoms with E-state index in [1.165, 1.54) is 25.0 Å². The van der Waals surface area contributed by atoms with Gasteiger partial charge in [-0.15, -0.1) is 0 Å². The highest BCUT2D eigenvalue weighted by atomic mass is 16.6. The molecule has 1 unspecified atom stereocenters. The molecule has 0 radical (unpaired) electrons. The number of rotatable bonds is 5. The third kappa shape index (κ3) is 3.54. The molecule has 2 rings (SSSR count). The largest absolute Gasteiger partial charge is 0.477 e. The Balaban J connectivity index is 1.90. The van der Waals surface area contributed by atoms with Gasteiger partial charge in [0.15, 0.2) is 0 Å². The minimum absolute atomic E-state index is 0.0968. The highest BCUT2D eigenvalue weighted by molar-refractivity contribution is 5.45. The molecule has 1 aromatic rings. The molecule has 0 bridgehead atoms. The standard InChI is InChI=1S/C12H18N4O3/c1-15-5-2-3-9(15)4-6-19-12-8-10(16(17)18)7-11(13)14-12/h7-9H,2-6H2,1H3,(H2,13,14). The lowest BCUT2D eigenvalue weighted by molar-refractivity contribution is -0.384. The van der Waals surface area contributed by atoms with Gasteiger partial charge in [0.25, 0.3) is 5.69 Å². The van der Waals surface area contributed by atoms with Gasteiger partial charge in [0.05, 0.1) is 23.7 Å². The summed E-state index contributed by atoms with van der Waals surface area (Å²) >= 11 is 0. The number of nitrogen functional groups attached to an aromatic ring is 1. The van der Waals surface area contributed by atoms with Crippen LogP contribution in [0.3, 0.4) is 0 Å². The maximum atomic E-state index is 10.7. The summed E-state index contributed by atoms with van der Waals surface area (Å²) in [6, 6.07) is 3.04. The average Bonchev–Trinajstić information content (AvgIpc) is 2.74. The van der Waals surface area contributed by atoms with Gasteiger partial charge < -0.3 is 15.4 Å². The van der Waals surface area contributed by atoms with Crippen LogP contribution in [0.1, 0.15) is 19.3 Å². The topological polar surface area (TPSA) is 94.5 Å². The van der Waals surface area contributed by atoms with Crippen LogP contribution in [0.4, 0.5) is 11.5 Å². The predicted octanol–water partition coefficient (Wildman–Crippen LogP) is 1.44. The van der Waals surface area contributed by atoms with Crippen molar-refractivity contribution in [3.05, 3.63) is 22.2 Å². The van der Waals surface area contributed by atoms with E-state index < -0.39 is 4.92 Å². The predicted molar refractivity (Wildman–Crippen MR) is 71.1 cm³/mol. The number of aromatic nitrogens is 1. The van der Waals surface area contributed by atoms with E-state index in [4.69, 9.17) is 10.5 Å². The van der Waals surface area contributed by atoms with E-state index in [2.05, 4.69) is 16.9 Å². The summed E-state index contributed by atoms with van der Waals surface area (Å²) in [6.07, 6.45) is 3.27. The molecule has 7 nitrogen and oxygen atoms in total. The van der Waals surface area contributed by atoms with Gasteiger partial charge in [-0.3, -0.25) is 10.1 Å². The second kappa shape index (κ2) is 5.83. The normalized spacial score (nSPS) is 19.5. The van der Waals surface area contributed by atoms with Crippen molar-refractivity contribution in [1.29, 1.82) is 0 Å². The summed E-state index contributed by atoms with van der Waals surface area (Å²) < 4.78 is 5.47. The number of nitrogens with two attached hydrogens (primary N) is 1. The molecule has 7 heteroatoms. The van der Waals surface area contributed by atoms with Gasteiger partial charge >= 0.3 is 0 Å². The monoisotopic (exact) mass is 266 g/mol. The SMILES string of the molecule is CN1CCCC1CCOc1cc([N+](=O)[O-])cc(N)n1. The van der Waals surface area contributed by atoms with E-state index in [1.807, 2.05) is 0 Å². The van der Waals surface area contributed by atoms with Crippen LogP contribution in [0.25, 0.3) is 0 Å². The first-order valence-electron chi connectivity index (χ1n) is 6.31. The smallest absolute Gasteiger partial charge is 0.278 e. The molecule has 1 atom stereocenters. The fourth-order valence-corrected chi connectivity index (χ4v) is 2.33. The number of ether oxygens (including phenoxy) is 1. The Labute approximate surface area is 111 Å². The van der Waals surface area contributed by atoms with Gasteiger partial charge in [-0.05, 0) is 32.9 Å². The number of hydrogen-bond acceptors (Lipinski definition) is 6. The van der Waals surface area contributed by atoms with Gasteiger partial charge in [-0.2, -0.15) is 4.98 Å². The lowest BCUT2D eigenvalue weighted by Gasteiger charge is -2.18.